The van der Waals surface area contributed by atoms with E-state index in [0.717, 1.165) is 0 Å². The summed E-state index contributed by atoms with van der Waals surface area (Å²) in [7, 11) is 0. The maximum absolute atomic E-state index is 10.6. The standard InChI is InChI=1S/2C2HF3O2.H4N2/c2*3-2(4,5)1(6)7;1-2/h2*(H,6,7);1-2H2. The van der Waals surface area contributed by atoms with Crippen molar-refractivity contribution in [2.75, 3.05) is 0 Å². The minimum absolute atomic E-state index is 2.76. The first kappa shape index (κ1) is 19.9. The highest BCUT2D eigenvalue weighted by Crippen LogP contribution is 2.13. The average Bonchev–Trinajstić information content (AvgIpc) is 2.05. The van der Waals surface area contributed by atoms with Crippen molar-refractivity contribution in [2.45, 2.75) is 12.4 Å². The summed E-state index contributed by atoms with van der Waals surface area (Å²) in [5, 5.41) is 14.2. The number of nitrogens with two attached hydrogens (primary N) is 2. The molecule has 0 atom stereocenters. The van der Waals surface area contributed by atoms with Crippen LogP contribution in [0.2, 0.25) is 0 Å². The predicted octanol–water partition coefficient (Wildman–Crippen LogP) is 0.0854. The molecule has 0 aromatic rings. The lowest BCUT2D eigenvalue weighted by Crippen LogP contribution is -2.21. The second-order valence-corrected chi connectivity index (χ2v) is 1.61. The molecule has 6 nitrogen and oxygen atoms in total. The van der Waals surface area contributed by atoms with Crippen LogP contribution in [0.1, 0.15) is 0 Å². The first-order valence-corrected chi connectivity index (χ1v) is 2.82. The number of alkyl halides is 6. The van der Waals surface area contributed by atoms with Gasteiger partial charge in [-0.1, -0.05) is 0 Å². The van der Waals surface area contributed by atoms with Gasteiger partial charge in [0.1, 0.15) is 0 Å². The summed E-state index contributed by atoms with van der Waals surface area (Å²) in [5.74, 6) is 2.49. The van der Waals surface area contributed by atoms with Crippen LogP contribution >= 0.6 is 0 Å². The first-order valence-electron chi connectivity index (χ1n) is 2.82. The van der Waals surface area contributed by atoms with Crippen molar-refractivity contribution >= 4 is 11.9 Å². The van der Waals surface area contributed by atoms with Crippen LogP contribution in [0.5, 0.6) is 0 Å². The second kappa shape index (κ2) is 7.70. The van der Waals surface area contributed by atoms with Gasteiger partial charge in [0.2, 0.25) is 0 Å². The number of halogens is 6. The van der Waals surface area contributed by atoms with Gasteiger partial charge in [-0.3, -0.25) is 11.7 Å². The highest BCUT2D eigenvalue weighted by molar-refractivity contribution is 5.73. The number of hydrogen-bond acceptors (Lipinski definition) is 4. The summed E-state index contributed by atoms with van der Waals surface area (Å²) >= 11 is 0. The third-order valence-corrected chi connectivity index (χ3v) is 0.485. The number of carbonyl (C=O) groups is 2. The van der Waals surface area contributed by atoms with Crippen molar-refractivity contribution in [3.63, 3.8) is 0 Å². The van der Waals surface area contributed by atoms with Crippen LogP contribution in [-0.2, 0) is 9.59 Å². The molecule has 0 aliphatic rings. The molecule has 0 aromatic carbocycles. The van der Waals surface area contributed by atoms with Gasteiger partial charge in [-0.15, -0.1) is 0 Å². The van der Waals surface area contributed by atoms with Crippen molar-refractivity contribution in [3.05, 3.63) is 0 Å². The summed E-state index contributed by atoms with van der Waals surface area (Å²) in [6.07, 6.45) is -10.2. The van der Waals surface area contributed by atoms with Gasteiger partial charge in [0.15, 0.2) is 0 Å². The monoisotopic (exact) mass is 260 g/mol. The van der Waals surface area contributed by atoms with E-state index in [0.29, 0.717) is 0 Å². The van der Waals surface area contributed by atoms with Crippen molar-refractivity contribution < 1.29 is 46.1 Å². The van der Waals surface area contributed by atoms with Gasteiger partial charge in [0.25, 0.3) is 0 Å². The highest BCUT2D eigenvalue weighted by Gasteiger charge is 2.38. The zero-order chi connectivity index (χ0) is 14.2. The number of hydrogen-bond donors (Lipinski definition) is 4. The van der Waals surface area contributed by atoms with Crippen molar-refractivity contribution in [3.8, 4) is 0 Å². The number of hydrazine groups is 1. The largest absolute Gasteiger partial charge is 0.490 e. The third-order valence-electron chi connectivity index (χ3n) is 0.485. The van der Waals surface area contributed by atoms with Crippen LogP contribution in [0.3, 0.4) is 0 Å². The SMILES string of the molecule is NN.O=C(O)C(F)(F)F.O=C(O)C(F)(F)F. The van der Waals surface area contributed by atoms with Crippen molar-refractivity contribution in [2.24, 2.45) is 11.7 Å². The Kier molecular flexibility index (Phi) is 9.59. The molecule has 0 rings (SSSR count). The van der Waals surface area contributed by atoms with Gasteiger partial charge in [-0.25, -0.2) is 9.59 Å². The van der Waals surface area contributed by atoms with Crippen molar-refractivity contribution in [1.29, 1.82) is 0 Å². The molecule has 0 fully saturated rings. The molecule has 0 radical (unpaired) electrons. The molecular weight excluding hydrogens is 254 g/mol. The average molecular weight is 260 g/mol. The van der Waals surface area contributed by atoms with Crippen LogP contribution in [0.4, 0.5) is 26.3 Å². The van der Waals surface area contributed by atoms with Gasteiger partial charge >= 0.3 is 24.3 Å². The summed E-state index contributed by atoms with van der Waals surface area (Å²) in [6, 6.07) is 0. The molecule has 0 aliphatic carbocycles. The van der Waals surface area contributed by atoms with Crippen LogP contribution in [0, 0.1) is 0 Å². The number of carboxylic acid groups (broad SMARTS) is 2. The fraction of sp³-hybridized carbons (Fsp3) is 0.500. The van der Waals surface area contributed by atoms with Crippen LogP contribution < -0.4 is 11.7 Å². The van der Waals surface area contributed by atoms with E-state index in [4.69, 9.17) is 19.8 Å². The van der Waals surface area contributed by atoms with Gasteiger partial charge < -0.3 is 10.2 Å². The molecule has 12 heteroatoms. The third kappa shape index (κ3) is 14.9. The molecule has 0 amide bonds. The molecule has 0 bridgehead atoms. The summed E-state index contributed by atoms with van der Waals surface area (Å²) < 4.78 is 63.5. The van der Waals surface area contributed by atoms with E-state index in [2.05, 4.69) is 11.7 Å². The smallest absolute Gasteiger partial charge is 0.475 e. The Balaban J connectivity index is -0.000000183. The lowest BCUT2D eigenvalue weighted by Gasteiger charge is -1.93. The summed E-state index contributed by atoms with van der Waals surface area (Å²) in [4.78, 5) is 17.8. The number of rotatable bonds is 0. The normalized spacial score (nSPS) is 10.2. The summed E-state index contributed by atoms with van der Waals surface area (Å²) in [5.41, 5.74) is 0. The maximum atomic E-state index is 10.6. The predicted molar refractivity (Wildman–Crippen MR) is 35.8 cm³/mol. The Labute approximate surface area is 83.4 Å². The van der Waals surface area contributed by atoms with E-state index in [9.17, 15) is 26.3 Å². The van der Waals surface area contributed by atoms with E-state index in [-0.39, 0.29) is 0 Å². The molecule has 98 valence electrons. The van der Waals surface area contributed by atoms with Crippen LogP contribution in [0.25, 0.3) is 0 Å². The Bertz CT molecular complexity index is 200. The molecular formula is C4H6F6N2O4. The second-order valence-electron chi connectivity index (χ2n) is 1.61. The number of carboxylic acids is 2. The molecule has 6 N–H and O–H groups in total. The molecule has 0 saturated carbocycles. The number of aliphatic carboxylic acids is 2. The van der Waals surface area contributed by atoms with Crippen LogP contribution in [0.15, 0.2) is 0 Å². The Morgan fingerprint density at radius 1 is 0.750 bits per heavy atom. The minimum atomic E-state index is -5.08. The Morgan fingerprint density at radius 3 is 0.812 bits per heavy atom. The van der Waals surface area contributed by atoms with Crippen molar-refractivity contribution in [1.82, 2.24) is 0 Å². The van der Waals surface area contributed by atoms with Crippen LogP contribution in [-0.4, -0.2) is 34.5 Å². The van der Waals surface area contributed by atoms with E-state index in [1.807, 2.05) is 0 Å². The van der Waals surface area contributed by atoms with Gasteiger partial charge in [0.05, 0.1) is 0 Å². The molecule has 0 spiro atoms. The quantitative estimate of drug-likeness (QED) is 0.277. The molecule has 16 heavy (non-hydrogen) atoms. The summed E-state index contributed by atoms with van der Waals surface area (Å²) in [6.45, 7) is 0. The first-order chi connectivity index (χ1) is 6.89. The van der Waals surface area contributed by atoms with Gasteiger partial charge in [-0.2, -0.15) is 26.3 Å². The molecule has 0 saturated heterocycles. The Morgan fingerprint density at radius 2 is 0.812 bits per heavy atom. The molecule has 0 aromatic heterocycles. The van der Waals surface area contributed by atoms with E-state index >= 15 is 0 Å². The van der Waals surface area contributed by atoms with Gasteiger partial charge in [-0.05, 0) is 0 Å². The van der Waals surface area contributed by atoms with Gasteiger partial charge in [0, 0.05) is 0 Å². The van der Waals surface area contributed by atoms with E-state index in [1.165, 1.54) is 0 Å². The molecule has 0 heterocycles. The lowest BCUT2D eigenvalue weighted by molar-refractivity contribution is -0.193. The zero-order valence-corrected chi connectivity index (χ0v) is 7.13. The topological polar surface area (TPSA) is 127 Å². The Hall–Kier alpha value is -1.56. The fourth-order valence-corrected chi connectivity index (χ4v) is 0. The van der Waals surface area contributed by atoms with E-state index < -0.39 is 24.3 Å². The fourth-order valence-electron chi connectivity index (χ4n) is 0. The minimum Gasteiger partial charge on any atom is -0.475 e. The highest BCUT2D eigenvalue weighted by atomic mass is 19.4. The maximum Gasteiger partial charge on any atom is 0.490 e. The molecule has 0 unspecified atom stereocenters. The van der Waals surface area contributed by atoms with E-state index in [1.54, 1.807) is 0 Å². The molecule has 0 aliphatic heterocycles. The lowest BCUT2D eigenvalue weighted by atomic mass is 10.7. The zero-order valence-electron chi connectivity index (χ0n) is 7.13.